The number of carbonyl (C=O) groups excluding carboxylic acids is 1. The third kappa shape index (κ3) is 3.53. The van der Waals surface area contributed by atoms with Crippen LogP contribution in [0.5, 0.6) is 0 Å². The molecule has 0 saturated heterocycles. The summed E-state index contributed by atoms with van der Waals surface area (Å²) in [5.74, 6) is 0.111. The normalized spacial score (nSPS) is 14.9. The maximum absolute atomic E-state index is 10.7. The van der Waals surface area contributed by atoms with E-state index in [1.807, 2.05) is 13.1 Å². The highest BCUT2D eigenvalue weighted by Crippen LogP contribution is 2.05. The zero-order valence-corrected chi connectivity index (χ0v) is 8.22. The van der Waals surface area contributed by atoms with E-state index in [9.17, 15) is 4.79 Å². The van der Waals surface area contributed by atoms with Crippen LogP contribution < -0.4 is 11.1 Å². The molecular formula is C9H18N2O. The van der Waals surface area contributed by atoms with Gasteiger partial charge in [0.1, 0.15) is 0 Å². The largest absolute Gasteiger partial charge is 0.366 e. The Balaban J connectivity index is 4.35. The summed E-state index contributed by atoms with van der Waals surface area (Å²) >= 11 is 0. The SMILES string of the molecule is CN[C@H](/C=C(\C)C(N)=O)C(C)C. The molecule has 0 bridgehead atoms. The van der Waals surface area contributed by atoms with Crippen molar-refractivity contribution in [2.45, 2.75) is 26.8 Å². The minimum absolute atomic E-state index is 0.220. The number of carbonyl (C=O) groups is 1. The van der Waals surface area contributed by atoms with Gasteiger partial charge in [0, 0.05) is 11.6 Å². The first-order valence-electron chi connectivity index (χ1n) is 4.14. The molecule has 70 valence electrons. The number of primary amides is 1. The van der Waals surface area contributed by atoms with Crippen molar-refractivity contribution in [2.75, 3.05) is 7.05 Å². The molecule has 1 amide bonds. The Kier molecular flexibility index (Phi) is 4.59. The second-order valence-corrected chi connectivity index (χ2v) is 3.27. The van der Waals surface area contributed by atoms with E-state index in [4.69, 9.17) is 5.73 Å². The number of hydrogen-bond acceptors (Lipinski definition) is 2. The molecule has 12 heavy (non-hydrogen) atoms. The summed E-state index contributed by atoms with van der Waals surface area (Å²) in [6.45, 7) is 5.91. The van der Waals surface area contributed by atoms with Crippen molar-refractivity contribution in [3.63, 3.8) is 0 Å². The molecule has 3 heteroatoms. The van der Waals surface area contributed by atoms with E-state index < -0.39 is 0 Å². The molecule has 0 aromatic carbocycles. The zero-order chi connectivity index (χ0) is 9.72. The second kappa shape index (κ2) is 4.93. The summed E-state index contributed by atoms with van der Waals surface area (Å²) in [6.07, 6.45) is 1.87. The third-order valence-electron chi connectivity index (χ3n) is 1.87. The maximum Gasteiger partial charge on any atom is 0.244 e. The average molecular weight is 170 g/mol. The molecule has 0 unspecified atom stereocenters. The van der Waals surface area contributed by atoms with Crippen molar-refractivity contribution >= 4 is 5.91 Å². The predicted molar refractivity (Wildman–Crippen MR) is 50.6 cm³/mol. The van der Waals surface area contributed by atoms with E-state index in [1.165, 1.54) is 0 Å². The van der Waals surface area contributed by atoms with Crippen LogP contribution in [-0.4, -0.2) is 19.0 Å². The molecule has 0 fully saturated rings. The standard InChI is InChI=1S/C9H18N2O/c1-6(2)8(11-4)5-7(3)9(10)12/h5-6,8,11H,1-4H3,(H2,10,12)/b7-5+/t8-/m1/s1. The van der Waals surface area contributed by atoms with Gasteiger partial charge in [-0.2, -0.15) is 0 Å². The molecule has 3 nitrogen and oxygen atoms in total. The Morgan fingerprint density at radius 1 is 1.50 bits per heavy atom. The fraction of sp³-hybridized carbons (Fsp3) is 0.667. The summed E-state index contributed by atoms with van der Waals surface area (Å²) < 4.78 is 0. The van der Waals surface area contributed by atoms with Crippen molar-refractivity contribution in [1.82, 2.24) is 5.32 Å². The van der Waals surface area contributed by atoms with Crippen molar-refractivity contribution in [3.05, 3.63) is 11.6 Å². The first kappa shape index (κ1) is 11.2. The molecule has 1 atom stereocenters. The van der Waals surface area contributed by atoms with Crippen LogP contribution in [0.25, 0.3) is 0 Å². The Morgan fingerprint density at radius 3 is 2.25 bits per heavy atom. The Labute approximate surface area is 74.0 Å². The van der Waals surface area contributed by atoms with E-state index in [1.54, 1.807) is 6.92 Å². The first-order valence-corrected chi connectivity index (χ1v) is 4.14. The highest BCUT2D eigenvalue weighted by atomic mass is 16.1. The van der Waals surface area contributed by atoms with Gasteiger partial charge in [0.05, 0.1) is 0 Å². The maximum atomic E-state index is 10.7. The van der Waals surface area contributed by atoms with Crippen molar-refractivity contribution in [1.29, 1.82) is 0 Å². The Hall–Kier alpha value is -0.830. The van der Waals surface area contributed by atoms with E-state index in [2.05, 4.69) is 19.2 Å². The van der Waals surface area contributed by atoms with E-state index in [0.717, 1.165) is 0 Å². The lowest BCUT2D eigenvalue weighted by molar-refractivity contribution is -0.114. The molecule has 0 aliphatic rings. The van der Waals surface area contributed by atoms with E-state index >= 15 is 0 Å². The molecular weight excluding hydrogens is 152 g/mol. The smallest absolute Gasteiger partial charge is 0.244 e. The fourth-order valence-electron chi connectivity index (χ4n) is 0.961. The molecule has 3 N–H and O–H groups in total. The van der Waals surface area contributed by atoms with Gasteiger partial charge >= 0.3 is 0 Å². The van der Waals surface area contributed by atoms with Gasteiger partial charge in [-0.1, -0.05) is 19.9 Å². The molecule has 0 heterocycles. The lowest BCUT2D eigenvalue weighted by atomic mass is 10.0. The van der Waals surface area contributed by atoms with Crippen LogP contribution in [0.2, 0.25) is 0 Å². The van der Waals surface area contributed by atoms with Crippen LogP contribution in [0, 0.1) is 5.92 Å². The summed E-state index contributed by atoms with van der Waals surface area (Å²) in [5, 5.41) is 3.10. The van der Waals surface area contributed by atoms with Crippen LogP contribution >= 0.6 is 0 Å². The number of hydrogen-bond donors (Lipinski definition) is 2. The average Bonchev–Trinajstić information content (AvgIpc) is 1.98. The quantitative estimate of drug-likeness (QED) is 0.609. The second-order valence-electron chi connectivity index (χ2n) is 3.27. The van der Waals surface area contributed by atoms with Gasteiger partial charge in [-0.05, 0) is 19.9 Å². The van der Waals surface area contributed by atoms with Crippen LogP contribution in [0.4, 0.5) is 0 Å². The van der Waals surface area contributed by atoms with Gasteiger partial charge in [0.15, 0.2) is 0 Å². The number of likely N-dealkylation sites (N-methyl/N-ethyl adjacent to an activating group) is 1. The molecule has 0 aliphatic carbocycles. The number of amides is 1. The summed E-state index contributed by atoms with van der Waals surface area (Å²) in [7, 11) is 1.87. The van der Waals surface area contributed by atoms with Crippen molar-refractivity contribution in [3.8, 4) is 0 Å². The van der Waals surface area contributed by atoms with E-state index in [-0.39, 0.29) is 11.9 Å². The van der Waals surface area contributed by atoms with Gasteiger partial charge in [-0.25, -0.2) is 0 Å². The molecule has 0 saturated carbocycles. The monoisotopic (exact) mass is 170 g/mol. The number of nitrogens with one attached hydrogen (secondary N) is 1. The van der Waals surface area contributed by atoms with Crippen LogP contribution in [-0.2, 0) is 4.79 Å². The van der Waals surface area contributed by atoms with Gasteiger partial charge in [-0.3, -0.25) is 4.79 Å². The lowest BCUT2D eigenvalue weighted by Crippen LogP contribution is -2.29. The summed E-state index contributed by atoms with van der Waals surface area (Å²) in [4.78, 5) is 10.7. The Morgan fingerprint density at radius 2 is 2.00 bits per heavy atom. The summed E-state index contributed by atoms with van der Waals surface area (Å²) in [5.41, 5.74) is 5.72. The van der Waals surface area contributed by atoms with Crippen molar-refractivity contribution < 1.29 is 4.79 Å². The van der Waals surface area contributed by atoms with Crippen LogP contribution in [0.3, 0.4) is 0 Å². The summed E-state index contributed by atoms with van der Waals surface area (Å²) in [6, 6.07) is 0.220. The zero-order valence-electron chi connectivity index (χ0n) is 8.22. The highest BCUT2D eigenvalue weighted by molar-refractivity contribution is 5.91. The topological polar surface area (TPSA) is 55.1 Å². The van der Waals surface area contributed by atoms with Gasteiger partial charge in [0.25, 0.3) is 0 Å². The lowest BCUT2D eigenvalue weighted by Gasteiger charge is -2.16. The third-order valence-corrected chi connectivity index (χ3v) is 1.87. The van der Waals surface area contributed by atoms with Gasteiger partial charge < -0.3 is 11.1 Å². The fourth-order valence-corrected chi connectivity index (χ4v) is 0.961. The number of nitrogens with two attached hydrogens (primary N) is 1. The van der Waals surface area contributed by atoms with Gasteiger partial charge in [-0.15, -0.1) is 0 Å². The Bertz CT molecular complexity index is 185. The molecule has 0 aliphatic heterocycles. The molecule has 0 aromatic rings. The predicted octanol–water partition coefficient (Wildman–Crippen LogP) is 0.662. The van der Waals surface area contributed by atoms with E-state index in [0.29, 0.717) is 11.5 Å². The molecule has 0 rings (SSSR count). The molecule has 0 aromatic heterocycles. The number of rotatable bonds is 4. The van der Waals surface area contributed by atoms with Crippen LogP contribution in [0.15, 0.2) is 11.6 Å². The molecule has 0 radical (unpaired) electrons. The highest BCUT2D eigenvalue weighted by Gasteiger charge is 2.08. The molecule has 0 spiro atoms. The van der Waals surface area contributed by atoms with Crippen molar-refractivity contribution in [2.24, 2.45) is 11.7 Å². The minimum Gasteiger partial charge on any atom is -0.366 e. The first-order chi connectivity index (χ1) is 5.49. The van der Waals surface area contributed by atoms with Gasteiger partial charge in [0.2, 0.25) is 5.91 Å². The van der Waals surface area contributed by atoms with Crippen LogP contribution in [0.1, 0.15) is 20.8 Å². The minimum atomic E-state index is -0.351.